The van der Waals surface area contributed by atoms with Crippen LogP contribution in [-0.2, 0) is 4.79 Å². The lowest BCUT2D eigenvalue weighted by atomic mass is 9.77. The van der Waals surface area contributed by atoms with Crippen molar-refractivity contribution in [1.29, 1.82) is 0 Å². The van der Waals surface area contributed by atoms with Gasteiger partial charge in [-0.15, -0.1) is 0 Å². The number of nitrogens with zero attached hydrogens (tertiary/aromatic N) is 1. The number of likely N-dealkylation sites (tertiary alicyclic amines) is 1. The molecule has 0 aromatic rings. The van der Waals surface area contributed by atoms with E-state index in [4.69, 9.17) is 0 Å². The van der Waals surface area contributed by atoms with Gasteiger partial charge in [0.05, 0.1) is 0 Å². The maximum atomic E-state index is 12.8. The van der Waals surface area contributed by atoms with E-state index in [9.17, 15) is 4.79 Å². The normalized spacial score (nSPS) is 28.0. The van der Waals surface area contributed by atoms with Gasteiger partial charge in [0.15, 0.2) is 0 Å². The van der Waals surface area contributed by atoms with Crippen molar-refractivity contribution in [1.82, 2.24) is 10.2 Å². The van der Waals surface area contributed by atoms with Gasteiger partial charge in [-0.3, -0.25) is 9.69 Å². The summed E-state index contributed by atoms with van der Waals surface area (Å²) in [4.78, 5) is 15.2. The zero-order valence-electron chi connectivity index (χ0n) is 14.8. The van der Waals surface area contributed by atoms with Crippen LogP contribution in [0.2, 0.25) is 0 Å². The first-order valence-corrected chi connectivity index (χ1v) is 8.61. The third kappa shape index (κ3) is 2.25. The van der Waals surface area contributed by atoms with Gasteiger partial charge in [-0.1, -0.05) is 6.08 Å². The average molecular weight is 310 g/mol. The topological polar surface area (TPSA) is 32.3 Å². The number of hydrogen-bond donors (Lipinski definition) is 1. The zero-order valence-corrected chi connectivity index (χ0v) is 14.8. The van der Waals surface area contributed by atoms with Gasteiger partial charge in [-0.05, 0) is 88.4 Å². The van der Waals surface area contributed by atoms with E-state index >= 15 is 0 Å². The van der Waals surface area contributed by atoms with Gasteiger partial charge in [-0.25, -0.2) is 0 Å². The lowest BCUT2D eigenvalue weighted by Gasteiger charge is -2.53. The molecule has 1 saturated carbocycles. The Morgan fingerprint density at radius 1 is 1.13 bits per heavy atom. The summed E-state index contributed by atoms with van der Waals surface area (Å²) in [5.74, 6) is 0.0890. The Labute approximate surface area is 138 Å². The van der Waals surface area contributed by atoms with Gasteiger partial charge >= 0.3 is 0 Å². The molecular formula is C20H26N2O. The molecule has 1 N–H and O–H groups in total. The van der Waals surface area contributed by atoms with Crippen LogP contribution in [-0.4, -0.2) is 35.0 Å². The summed E-state index contributed by atoms with van der Waals surface area (Å²) in [7, 11) is 2.19. The fraction of sp³-hybridized carbons (Fsp3) is 0.550. The second kappa shape index (κ2) is 4.47. The van der Waals surface area contributed by atoms with Crippen molar-refractivity contribution >= 4 is 5.91 Å². The highest BCUT2D eigenvalue weighted by atomic mass is 16.1. The van der Waals surface area contributed by atoms with E-state index in [-0.39, 0.29) is 23.0 Å². The SMILES string of the molecule is CN1C(C)(C)CC(NC(=O)C2=C3C=C4CC4=C3C=C2)CC1(C)C. The van der Waals surface area contributed by atoms with Crippen molar-refractivity contribution in [3.8, 4) is 0 Å². The molecule has 1 saturated heterocycles. The number of piperidine rings is 1. The highest BCUT2D eigenvalue weighted by molar-refractivity contribution is 6.02. The molecule has 0 unspecified atom stereocenters. The molecule has 4 aliphatic rings. The van der Waals surface area contributed by atoms with Crippen molar-refractivity contribution in [2.45, 2.75) is 64.1 Å². The number of nitrogens with one attached hydrogen (secondary N) is 1. The van der Waals surface area contributed by atoms with E-state index < -0.39 is 0 Å². The standard InChI is InChI=1S/C20H26N2O/c1-19(2)10-13(11-20(3,4)22(19)5)21-18(23)15-7-6-14-16-8-12(16)9-17(14)15/h6-7,9,13H,8,10-11H2,1-5H3,(H,21,23). The molecule has 23 heavy (non-hydrogen) atoms. The number of rotatable bonds is 2. The third-order valence-corrected chi connectivity index (χ3v) is 6.16. The van der Waals surface area contributed by atoms with E-state index in [1.54, 1.807) is 0 Å². The first-order valence-electron chi connectivity index (χ1n) is 8.61. The van der Waals surface area contributed by atoms with E-state index in [0.717, 1.165) is 30.4 Å². The zero-order chi connectivity index (χ0) is 16.6. The van der Waals surface area contributed by atoms with Crippen molar-refractivity contribution in [3.05, 3.63) is 46.1 Å². The molecule has 0 spiro atoms. The summed E-state index contributed by atoms with van der Waals surface area (Å²) >= 11 is 0. The number of fused-ring (bicyclic) bond motifs is 2. The van der Waals surface area contributed by atoms with Gasteiger partial charge in [0.25, 0.3) is 5.91 Å². The number of carbonyl (C=O) groups is 1. The van der Waals surface area contributed by atoms with E-state index in [0.29, 0.717) is 0 Å². The smallest absolute Gasteiger partial charge is 0.252 e. The fourth-order valence-corrected chi connectivity index (χ4v) is 4.57. The Bertz CT molecular complexity index is 713. The summed E-state index contributed by atoms with van der Waals surface area (Å²) in [6.07, 6.45) is 9.39. The second-order valence-corrected chi connectivity index (χ2v) is 8.66. The van der Waals surface area contributed by atoms with Gasteiger partial charge < -0.3 is 5.32 Å². The van der Waals surface area contributed by atoms with Crippen LogP contribution in [0.1, 0.15) is 47.0 Å². The molecule has 122 valence electrons. The van der Waals surface area contributed by atoms with E-state index in [1.807, 2.05) is 6.08 Å². The Kier molecular flexibility index (Phi) is 2.91. The Hall–Kier alpha value is -1.61. The van der Waals surface area contributed by atoms with Crippen molar-refractivity contribution in [3.63, 3.8) is 0 Å². The molecule has 0 aromatic carbocycles. The lowest BCUT2D eigenvalue weighted by molar-refractivity contribution is -0.119. The largest absolute Gasteiger partial charge is 0.349 e. The molecule has 0 radical (unpaired) electrons. The van der Waals surface area contributed by atoms with Gasteiger partial charge in [-0.2, -0.15) is 0 Å². The van der Waals surface area contributed by atoms with Crippen LogP contribution >= 0.6 is 0 Å². The summed E-state index contributed by atoms with van der Waals surface area (Å²) in [5, 5.41) is 3.31. The monoisotopic (exact) mass is 310 g/mol. The van der Waals surface area contributed by atoms with Crippen LogP contribution in [0.15, 0.2) is 46.1 Å². The highest BCUT2D eigenvalue weighted by Gasteiger charge is 2.44. The summed E-state index contributed by atoms with van der Waals surface area (Å²) < 4.78 is 0. The minimum atomic E-state index is 0.0890. The maximum Gasteiger partial charge on any atom is 0.252 e. The molecule has 3 heteroatoms. The van der Waals surface area contributed by atoms with E-state index in [2.05, 4.69) is 57.1 Å². The summed E-state index contributed by atoms with van der Waals surface area (Å²) in [6.45, 7) is 9.06. The number of hydrogen-bond acceptors (Lipinski definition) is 2. The number of amides is 1. The quantitative estimate of drug-likeness (QED) is 0.849. The van der Waals surface area contributed by atoms with Crippen LogP contribution in [0.25, 0.3) is 0 Å². The van der Waals surface area contributed by atoms with Gasteiger partial charge in [0.2, 0.25) is 0 Å². The molecule has 0 atom stereocenters. The first-order chi connectivity index (χ1) is 10.7. The predicted molar refractivity (Wildman–Crippen MR) is 93.0 cm³/mol. The predicted octanol–water partition coefficient (Wildman–Crippen LogP) is 3.26. The minimum absolute atomic E-state index is 0.0890. The number of allylic oxidation sites excluding steroid dienone is 6. The third-order valence-electron chi connectivity index (χ3n) is 6.16. The van der Waals surface area contributed by atoms with Crippen LogP contribution in [0.5, 0.6) is 0 Å². The van der Waals surface area contributed by atoms with Crippen molar-refractivity contribution in [2.24, 2.45) is 0 Å². The summed E-state index contributed by atoms with van der Waals surface area (Å²) in [5.41, 5.74) is 6.33. The van der Waals surface area contributed by atoms with Crippen molar-refractivity contribution in [2.75, 3.05) is 7.05 Å². The maximum absolute atomic E-state index is 12.8. The molecule has 3 aliphatic carbocycles. The van der Waals surface area contributed by atoms with Crippen LogP contribution in [0.4, 0.5) is 0 Å². The highest BCUT2D eigenvalue weighted by Crippen LogP contribution is 2.51. The number of carbonyl (C=O) groups excluding carboxylic acids is 1. The molecule has 0 aromatic heterocycles. The first kappa shape index (κ1) is 14.9. The average Bonchev–Trinajstić information content (AvgIpc) is 2.91. The Morgan fingerprint density at radius 3 is 2.43 bits per heavy atom. The van der Waals surface area contributed by atoms with Gasteiger partial charge in [0, 0.05) is 22.7 Å². The van der Waals surface area contributed by atoms with E-state index in [1.165, 1.54) is 16.7 Å². The Balaban J connectivity index is 1.52. The van der Waals surface area contributed by atoms with Crippen LogP contribution in [0.3, 0.4) is 0 Å². The molecule has 1 aliphatic heterocycles. The van der Waals surface area contributed by atoms with Crippen molar-refractivity contribution < 1.29 is 4.79 Å². The lowest BCUT2D eigenvalue weighted by Crippen LogP contribution is -2.62. The second-order valence-electron chi connectivity index (χ2n) is 8.66. The molecule has 1 amide bonds. The Morgan fingerprint density at radius 2 is 1.78 bits per heavy atom. The molecule has 3 nitrogen and oxygen atoms in total. The van der Waals surface area contributed by atoms with Crippen LogP contribution in [0, 0.1) is 0 Å². The summed E-state index contributed by atoms with van der Waals surface area (Å²) in [6, 6.07) is 0.227. The molecule has 2 fully saturated rings. The molecule has 1 heterocycles. The fourth-order valence-electron chi connectivity index (χ4n) is 4.57. The minimum Gasteiger partial charge on any atom is -0.349 e. The van der Waals surface area contributed by atoms with Gasteiger partial charge in [0.1, 0.15) is 0 Å². The molecule has 0 bridgehead atoms. The molecular weight excluding hydrogens is 284 g/mol. The van der Waals surface area contributed by atoms with Crippen LogP contribution < -0.4 is 5.32 Å². The molecule has 4 rings (SSSR count).